The third kappa shape index (κ3) is 6.88. The molecule has 0 aliphatic carbocycles. The van der Waals surface area contributed by atoms with E-state index in [0.29, 0.717) is 24.4 Å². The van der Waals surface area contributed by atoms with Gasteiger partial charge in [-0.1, -0.05) is 31.9 Å². The predicted molar refractivity (Wildman–Crippen MR) is 106 cm³/mol. The number of rotatable bonds is 6. The highest BCUT2D eigenvalue weighted by atomic mass is 35.5. The number of fused-ring (bicyclic) bond motifs is 1. The Balaban J connectivity index is 0.000000553. The lowest BCUT2D eigenvalue weighted by Crippen LogP contribution is -2.53. The van der Waals surface area contributed by atoms with Crippen molar-refractivity contribution >= 4 is 35.1 Å². The van der Waals surface area contributed by atoms with Gasteiger partial charge in [0.1, 0.15) is 6.04 Å². The Morgan fingerprint density at radius 2 is 1.93 bits per heavy atom. The van der Waals surface area contributed by atoms with Crippen LogP contribution in [0.3, 0.4) is 0 Å². The number of anilines is 1. The monoisotopic (exact) mass is 451 g/mol. The molecule has 4 N–H and O–H groups in total. The number of carboxylic acids is 1. The Bertz CT molecular complexity index is 774. The summed E-state index contributed by atoms with van der Waals surface area (Å²) in [5, 5.41) is 10.6. The van der Waals surface area contributed by atoms with Crippen LogP contribution in [0.15, 0.2) is 18.2 Å². The fourth-order valence-corrected chi connectivity index (χ4v) is 2.96. The number of halogens is 4. The summed E-state index contributed by atoms with van der Waals surface area (Å²) in [5.41, 5.74) is 7.56. The van der Waals surface area contributed by atoms with Crippen LogP contribution in [0.2, 0.25) is 5.02 Å². The maximum atomic E-state index is 12.7. The number of aliphatic carboxylic acids is 1. The molecule has 0 saturated heterocycles. The molecule has 0 spiro atoms. The molecule has 2 rings (SSSR count). The molecule has 7 nitrogen and oxygen atoms in total. The molecule has 1 aromatic carbocycles. The van der Waals surface area contributed by atoms with Gasteiger partial charge < -0.3 is 16.2 Å². The minimum Gasteiger partial charge on any atom is -0.475 e. The average molecular weight is 452 g/mol. The van der Waals surface area contributed by atoms with Crippen LogP contribution in [0.5, 0.6) is 0 Å². The van der Waals surface area contributed by atoms with Crippen LogP contribution in [0.1, 0.15) is 38.7 Å². The lowest BCUT2D eigenvalue weighted by Gasteiger charge is -2.27. The first-order valence-corrected chi connectivity index (χ1v) is 9.76. The molecular formula is C19H25ClF3N3O4. The Kier molecular flexibility index (Phi) is 9.57. The summed E-state index contributed by atoms with van der Waals surface area (Å²) in [7, 11) is 0. The zero-order valence-corrected chi connectivity index (χ0v) is 17.4. The summed E-state index contributed by atoms with van der Waals surface area (Å²) in [6, 6.07) is 4.17. The van der Waals surface area contributed by atoms with Crippen LogP contribution in [-0.4, -0.2) is 47.7 Å². The van der Waals surface area contributed by atoms with E-state index < -0.39 is 24.2 Å². The van der Waals surface area contributed by atoms with E-state index in [4.69, 9.17) is 27.2 Å². The minimum absolute atomic E-state index is 0.137. The van der Waals surface area contributed by atoms with Gasteiger partial charge in [-0.05, 0) is 36.6 Å². The lowest BCUT2D eigenvalue weighted by molar-refractivity contribution is -0.192. The smallest absolute Gasteiger partial charge is 0.475 e. The molecule has 1 aromatic rings. The molecule has 0 radical (unpaired) electrons. The maximum Gasteiger partial charge on any atom is 0.490 e. The van der Waals surface area contributed by atoms with E-state index in [1.54, 1.807) is 17.0 Å². The van der Waals surface area contributed by atoms with E-state index in [1.165, 1.54) is 0 Å². The normalized spacial score (nSPS) is 16.2. The molecule has 0 bridgehead atoms. The molecule has 0 aromatic heterocycles. The summed E-state index contributed by atoms with van der Waals surface area (Å²) >= 11 is 6.04. The summed E-state index contributed by atoms with van der Waals surface area (Å²) < 4.78 is 31.7. The van der Waals surface area contributed by atoms with E-state index in [-0.39, 0.29) is 11.8 Å². The van der Waals surface area contributed by atoms with Crippen LogP contribution in [0, 0.1) is 0 Å². The Morgan fingerprint density at radius 3 is 2.43 bits per heavy atom. The summed E-state index contributed by atoms with van der Waals surface area (Å²) in [6.45, 7) is 4.54. The Labute approximate surface area is 177 Å². The average Bonchev–Trinajstić information content (AvgIpc) is 3.05. The number of nitrogens with one attached hydrogen (secondary N) is 1. The molecule has 1 heterocycles. The number of nitrogens with zero attached hydrogens (tertiary/aromatic N) is 1. The fourth-order valence-electron chi connectivity index (χ4n) is 2.76. The molecule has 30 heavy (non-hydrogen) atoms. The molecule has 0 fully saturated rings. The summed E-state index contributed by atoms with van der Waals surface area (Å²) in [6.07, 6.45) is -2.16. The van der Waals surface area contributed by atoms with E-state index in [1.807, 2.05) is 13.0 Å². The number of amides is 2. The maximum absolute atomic E-state index is 12.7. The first-order chi connectivity index (χ1) is 13.9. The van der Waals surface area contributed by atoms with Crippen LogP contribution < -0.4 is 16.0 Å². The standard InChI is InChI=1S/C17H24ClN3O2.C2HF3O2/c1-3-5-8-20-16(22)15-10-11-9-12(18)6-7-14(11)21(15)17(23)13(19)4-2;3-2(4,5)1(6)7/h6-7,9,13,15H,3-5,8,10,19H2,1-2H3,(H,20,22);(H,6,7)/t13-,15-;/m0./s1. The topological polar surface area (TPSA) is 113 Å². The van der Waals surface area contributed by atoms with E-state index >= 15 is 0 Å². The molecule has 1 aliphatic rings. The van der Waals surface area contributed by atoms with Crippen molar-refractivity contribution in [3.63, 3.8) is 0 Å². The number of nitrogens with two attached hydrogens (primary N) is 1. The van der Waals surface area contributed by atoms with Crippen LogP contribution >= 0.6 is 11.6 Å². The highest BCUT2D eigenvalue weighted by Gasteiger charge is 2.40. The van der Waals surface area contributed by atoms with Crippen molar-refractivity contribution in [3.8, 4) is 0 Å². The Morgan fingerprint density at radius 1 is 1.33 bits per heavy atom. The van der Waals surface area contributed by atoms with Gasteiger partial charge in [0, 0.05) is 23.7 Å². The quantitative estimate of drug-likeness (QED) is 0.576. The van der Waals surface area contributed by atoms with Gasteiger partial charge in [0.2, 0.25) is 11.8 Å². The Hall–Kier alpha value is -2.33. The predicted octanol–water partition coefficient (Wildman–Crippen LogP) is 2.88. The largest absolute Gasteiger partial charge is 0.490 e. The second kappa shape index (κ2) is 11.2. The lowest BCUT2D eigenvalue weighted by atomic mass is 10.1. The first kappa shape index (κ1) is 25.7. The second-order valence-corrected chi connectivity index (χ2v) is 7.10. The molecule has 168 valence electrons. The summed E-state index contributed by atoms with van der Waals surface area (Å²) in [5.74, 6) is -3.11. The number of carboxylic acid groups (broad SMARTS) is 1. The van der Waals surface area contributed by atoms with E-state index in [2.05, 4.69) is 12.2 Å². The summed E-state index contributed by atoms with van der Waals surface area (Å²) in [4.78, 5) is 35.6. The number of carbonyl (C=O) groups excluding carboxylic acids is 2. The minimum atomic E-state index is -5.08. The fraction of sp³-hybridized carbons (Fsp3) is 0.526. The number of benzene rings is 1. The molecule has 1 aliphatic heterocycles. The van der Waals surface area contributed by atoms with Crippen molar-refractivity contribution in [1.29, 1.82) is 0 Å². The van der Waals surface area contributed by atoms with Gasteiger partial charge in [-0.2, -0.15) is 13.2 Å². The first-order valence-electron chi connectivity index (χ1n) is 9.38. The van der Waals surface area contributed by atoms with Crippen molar-refractivity contribution in [3.05, 3.63) is 28.8 Å². The number of unbranched alkanes of at least 4 members (excludes halogenated alkanes) is 1. The molecule has 0 unspecified atom stereocenters. The third-order valence-electron chi connectivity index (χ3n) is 4.40. The van der Waals surface area contributed by atoms with Crippen LogP contribution in [-0.2, 0) is 20.8 Å². The highest BCUT2D eigenvalue weighted by Crippen LogP contribution is 2.34. The number of hydrogen-bond acceptors (Lipinski definition) is 4. The van der Waals surface area contributed by atoms with Gasteiger partial charge in [0.25, 0.3) is 0 Å². The third-order valence-corrected chi connectivity index (χ3v) is 4.63. The van der Waals surface area contributed by atoms with Crippen LogP contribution in [0.25, 0.3) is 0 Å². The second-order valence-electron chi connectivity index (χ2n) is 6.66. The molecule has 0 saturated carbocycles. The number of carbonyl (C=O) groups is 3. The van der Waals surface area contributed by atoms with Crippen molar-refractivity contribution in [1.82, 2.24) is 5.32 Å². The van der Waals surface area contributed by atoms with Gasteiger partial charge in [-0.15, -0.1) is 0 Å². The van der Waals surface area contributed by atoms with Crippen molar-refractivity contribution in [2.24, 2.45) is 5.73 Å². The number of hydrogen-bond donors (Lipinski definition) is 3. The highest BCUT2D eigenvalue weighted by molar-refractivity contribution is 6.30. The van der Waals surface area contributed by atoms with Gasteiger partial charge >= 0.3 is 12.1 Å². The molecule has 2 atom stereocenters. The van der Waals surface area contributed by atoms with E-state index in [9.17, 15) is 22.8 Å². The van der Waals surface area contributed by atoms with Gasteiger partial charge in [0.05, 0.1) is 6.04 Å². The molecule has 2 amide bonds. The zero-order chi connectivity index (χ0) is 23.1. The van der Waals surface area contributed by atoms with Crippen molar-refractivity contribution in [2.75, 3.05) is 11.4 Å². The zero-order valence-electron chi connectivity index (χ0n) is 16.6. The van der Waals surface area contributed by atoms with Gasteiger partial charge in [-0.25, -0.2) is 4.79 Å². The SMILES string of the molecule is CCCCNC(=O)[C@@H]1Cc2cc(Cl)ccc2N1C(=O)[C@@H](N)CC.O=C(O)C(F)(F)F. The van der Waals surface area contributed by atoms with E-state index in [0.717, 1.165) is 24.1 Å². The van der Waals surface area contributed by atoms with Gasteiger partial charge in [-0.3, -0.25) is 14.5 Å². The molecular weight excluding hydrogens is 427 g/mol. The van der Waals surface area contributed by atoms with Crippen molar-refractivity contribution < 1.29 is 32.7 Å². The van der Waals surface area contributed by atoms with Crippen molar-refractivity contribution in [2.45, 2.75) is 57.8 Å². The molecule has 11 heteroatoms. The van der Waals surface area contributed by atoms with Gasteiger partial charge in [0.15, 0.2) is 0 Å². The number of alkyl halides is 3. The van der Waals surface area contributed by atoms with Crippen LogP contribution in [0.4, 0.5) is 18.9 Å².